The minimum Gasteiger partial charge on any atom is -0.354 e. The van der Waals surface area contributed by atoms with E-state index < -0.39 is 0 Å². The molecule has 2 unspecified atom stereocenters. The fourth-order valence-corrected chi connectivity index (χ4v) is 3.06. The predicted octanol–water partition coefficient (Wildman–Crippen LogP) is 1.83. The van der Waals surface area contributed by atoms with Crippen molar-refractivity contribution in [1.82, 2.24) is 24.6 Å². The summed E-state index contributed by atoms with van der Waals surface area (Å²) in [5, 5.41) is 7.05. The van der Waals surface area contributed by atoms with Gasteiger partial charge in [-0.05, 0) is 26.7 Å². The van der Waals surface area contributed by atoms with Crippen LogP contribution in [0.15, 0.2) is 0 Å². The summed E-state index contributed by atoms with van der Waals surface area (Å²) in [6, 6.07) is -0.250. The average molecular weight is 296 g/mol. The lowest BCUT2D eigenvalue weighted by atomic mass is 10.1. The Balaban J connectivity index is 2.25. The minimum absolute atomic E-state index is 0.0352. The van der Waals surface area contributed by atoms with Gasteiger partial charge in [0.05, 0.1) is 11.1 Å². The molecule has 0 spiro atoms. The van der Waals surface area contributed by atoms with Crippen LogP contribution < -0.4 is 5.32 Å². The van der Waals surface area contributed by atoms with E-state index in [1.54, 1.807) is 4.68 Å². The topological polar surface area (TPSA) is 64.7 Å². The molecule has 6 nitrogen and oxygen atoms in total. The van der Waals surface area contributed by atoms with Gasteiger partial charge < -0.3 is 5.32 Å². The molecule has 1 aliphatic rings. The van der Waals surface area contributed by atoms with Gasteiger partial charge in [0.2, 0.25) is 5.91 Å². The zero-order valence-corrected chi connectivity index (χ0v) is 12.6. The fraction of sp³-hybridized carbons (Fsp3) is 0.615. The first-order valence-electron chi connectivity index (χ1n) is 6.84. The fourth-order valence-electron chi connectivity index (χ4n) is 2.90. The van der Waals surface area contributed by atoms with Gasteiger partial charge in [-0.1, -0.05) is 0 Å². The third kappa shape index (κ3) is 1.90. The minimum atomic E-state index is -0.253. The molecule has 2 aromatic rings. The normalized spacial score (nSPS) is 21.2. The van der Waals surface area contributed by atoms with Gasteiger partial charge in [0.15, 0.2) is 5.65 Å². The molecule has 0 aliphatic carbocycles. The summed E-state index contributed by atoms with van der Waals surface area (Å²) >= 11 is 6.26. The highest BCUT2D eigenvalue weighted by atomic mass is 35.5. The zero-order chi connectivity index (χ0) is 14.4. The highest BCUT2D eigenvalue weighted by Crippen LogP contribution is 2.31. The lowest BCUT2D eigenvalue weighted by molar-refractivity contribution is -0.125. The summed E-state index contributed by atoms with van der Waals surface area (Å²) in [7, 11) is 1.87. The second kappa shape index (κ2) is 4.77. The first kappa shape index (κ1) is 13.4. The van der Waals surface area contributed by atoms with Crippen molar-refractivity contribution in [2.45, 2.75) is 38.1 Å². The molecule has 108 valence electrons. The highest BCUT2D eigenvalue weighted by molar-refractivity contribution is 6.20. The largest absolute Gasteiger partial charge is 0.354 e. The number of rotatable bonds is 2. The maximum Gasteiger partial charge on any atom is 0.243 e. The average Bonchev–Trinajstić information content (AvgIpc) is 2.90. The van der Waals surface area contributed by atoms with Gasteiger partial charge in [0, 0.05) is 13.6 Å². The van der Waals surface area contributed by atoms with Crippen LogP contribution >= 0.6 is 11.6 Å². The van der Waals surface area contributed by atoms with Gasteiger partial charge in [-0.25, -0.2) is 4.98 Å². The number of halogens is 1. The molecule has 3 rings (SSSR count). The third-order valence-corrected chi connectivity index (χ3v) is 3.98. The number of piperidine rings is 1. The molecule has 3 heterocycles. The summed E-state index contributed by atoms with van der Waals surface area (Å²) in [6.45, 7) is 4.54. The number of imidazole rings is 1. The number of hydrogen-bond donors (Lipinski definition) is 1. The smallest absolute Gasteiger partial charge is 0.243 e. The Labute approximate surface area is 122 Å². The molecule has 2 atom stereocenters. The molecular weight excluding hydrogens is 278 g/mol. The summed E-state index contributed by atoms with van der Waals surface area (Å²) in [5.74, 6) is 0.771. The van der Waals surface area contributed by atoms with Crippen molar-refractivity contribution in [3.8, 4) is 0 Å². The van der Waals surface area contributed by atoms with Crippen LogP contribution in [-0.4, -0.2) is 31.8 Å². The number of nitrogens with zero attached hydrogens (tertiary/aromatic N) is 4. The number of carbonyl (C=O) groups excluding carboxylic acids is 1. The van der Waals surface area contributed by atoms with Crippen molar-refractivity contribution in [3.05, 3.63) is 11.5 Å². The van der Waals surface area contributed by atoms with Crippen LogP contribution in [-0.2, 0) is 11.8 Å². The molecule has 1 saturated heterocycles. The van der Waals surface area contributed by atoms with Crippen molar-refractivity contribution >= 4 is 28.7 Å². The first-order valence-corrected chi connectivity index (χ1v) is 7.27. The Morgan fingerprint density at radius 2 is 2.25 bits per heavy atom. The monoisotopic (exact) mass is 295 g/mol. The van der Waals surface area contributed by atoms with Gasteiger partial charge in [-0.2, -0.15) is 5.10 Å². The number of alkyl halides is 1. The molecule has 1 aliphatic heterocycles. The van der Waals surface area contributed by atoms with Crippen molar-refractivity contribution in [2.75, 3.05) is 6.54 Å². The van der Waals surface area contributed by atoms with Gasteiger partial charge in [-0.3, -0.25) is 14.0 Å². The van der Waals surface area contributed by atoms with E-state index in [0.29, 0.717) is 0 Å². The number of nitrogens with one attached hydrogen (secondary N) is 1. The maximum absolute atomic E-state index is 12.2. The molecule has 0 saturated carbocycles. The quantitative estimate of drug-likeness (QED) is 0.860. The number of amides is 1. The number of fused-ring (bicyclic) bond motifs is 1. The molecule has 7 heteroatoms. The van der Waals surface area contributed by atoms with E-state index in [2.05, 4.69) is 15.4 Å². The predicted molar refractivity (Wildman–Crippen MR) is 76.8 cm³/mol. The number of aryl methyl sites for hydroxylation is 2. The van der Waals surface area contributed by atoms with E-state index in [1.807, 2.05) is 25.5 Å². The number of aromatic nitrogens is 4. The second-order valence-electron chi connectivity index (χ2n) is 5.29. The van der Waals surface area contributed by atoms with Crippen LogP contribution in [0.2, 0.25) is 0 Å². The van der Waals surface area contributed by atoms with E-state index in [9.17, 15) is 4.79 Å². The Morgan fingerprint density at radius 3 is 2.90 bits per heavy atom. The second-order valence-corrected chi connectivity index (χ2v) is 5.94. The van der Waals surface area contributed by atoms with Crippen molar-refractivity contribution < 1.29 is 4.79 Å². The van der Waals surface area contributed by atoms with Crippen LogP contribution in [0.5, 0.6) is 0 Å². The third-order valence-electron chi connectivity index (χ3n) is 3.79. The van der Waals surface area contributed by atoms with Crippen molar-refractivity contribution in [2.24, 2.45) is 7.05 Å². The summed E-state index contributed by atoms with van der Waals surface area (Å²) < 4.78 is 3.74. The molecule has 0 aromatic carbocycles. The van der Waals surface area contributed by atoms with E-state index in [1.165, 1.54) is 0 Å². The van der Waals surface area contributed by atoms with Crippen LogP contribution in [0.4, 0.5) is 0 Å². The van der Waals surface area contributed by atoms with E-state index in [0.717, 1.165) is 42.1 Å². The molecule has 20 heavy (non-hydrogen) atoms. The Kier molecular flexibility index (Phi) is 3.20. The summed E-state index contributed by atoms with van der Waals surface area (Å²) in [6.07, 6.45) is 1.77. The van der Waals surface area contributed by atoms with Crippen LogP contribution in [0, 0.1) is 6.92 Å². The molecule has 0 radical (unpaired) electrons. The molecular formula is C13H18ClN5O. The van der Waals surface area contributed by atoms with Crippen molar-refractivity contribution in [1.29, 1.82) is 0 Å². The van der Waals surface area contributed by atoms with Gasteiger partial charge >= 0.3 is 0 Å². The molecule has 1 N–H and O–H groups in total. The van der Waals surface area contributed by atoms with Crippen LogP contribution in [0.1, 0.15) is 42.7 Å². The van der Waals surface area contributed by atoms with E-state index in [4.69, 9.17) is 11.6 Å². The van der Waals surface area contributed by atoms with E-state index in [-0.39, 0.29) is 17.3 Å². The number of carbonyl (C=O) groups is 1. The lowest BCUT2D eigenvalue weighted by Gasteiger charge is -2.25. The molecule has 0 bridgehead atoms. The van der Waals surface area contributed by atoms with Gasteiger partial charge in [-0.15, -0.1) is 11.6 Å². The Bertz CT molecular complexity index is 672. The SMILES string of the molecule is Cc1nn(C)c2c1nc(C(C)Cl)n2C1CCCNC1=O. The van der Waals surface area contributed by atoms with Crippen molar-refractivity contribution in [3.63, 3.8) is 0 Å². The van der Waals surface area contributed by atoms with Gasteiger partial charge in [0.25, 0.3) is 0 Å². The molecule has 2 aromatic heterocycles. The maximum atomic E-state index is 12.2. The summed E-state index contributed by atoms with van der Waals surface area (Å²) in [5.41, 5.74) is 2.55. The Morgan fingerprint density at radius 1 is 1.50 bits per heavy atom. The lowest BCUT2D eigenvalue weighted by Crippen LogP contribution is -2.38. The highest BCUT2D eigenvalue weighted by Gasteiger charge is 2.31. The van der Waals surface area contributed by atoms with Crippen LogP contribution in [0.25, 0.3) is 11.2 Å². The standard InChI is InChI=1S/C13H18ClN5O/c1-7(14)11-16-10-8(2)17-18(3)13(10)19(11)9-5-4-6-15-12(9)20/h7,9H,4-6H2,1-3H3,(H,15,20). The van der Waals surface area contributed by atoms with E-state index >= 15 is 0 Å². The molecule has 1 fully saturated rings. The zero-order valence-electron chi connectivity index (χ0n) is 11.9. The van der Waals surface area contributed by atoms with Gasteiger partial charge in [0.1, 0.15) is 17.4 Å². The number of hydrogen-bond acceptors (Lipinski definition) is 3. The summed E-state index contributed by atoms with van der Waals surface area (Å²) in [4.78, 5) is 16.8. The first-order chi connectivity index (χ1) is 9.50. The molecule has 1 amide bonds. The Hall–Kier alpha value is -1.56. The van der Waals surface area contributed by atoms with Crippen LogP contribution in [0.3, 0.4) is 0 Å².